The standard InChI is InChI=1S/C14H12Br2FNO/c15-11-5-2-6-12(16)14(11)18-8-13(19)9-3-1-4-10(17)7-9/h1-7,13,18-19H,8H2. The lowest BCUT2D eigenvalue weighted by atomic mass is 10.1. The van der Waals surface area contributed by atoms with Crippen LogP contribution < -0.4 is 5.32 Å². The van der Waals surface area contributed by atoms with Crippen molar-refractivity contribution in [2.45, 2.75) is 6.10 Å². The number of halogens is 3. The fraction of sp³-hybridized carbons (Fsp3) is 0.143. The van der Waals surface area contributed by atoms with Gasteiger partial charge in [0.05, 0.1) is 11.8 Å². The molecular weight excluding hydrogens is 377 g/mol. The van der Waals surface area contributed by atoms with E-state index in [0.29, 0.717) is 12.1 Å². The Bertz CT molecular complexity index is 557. The van der Waals surface area contributed by atoms with Crippen LogP contribution in [-0.4, -0.2) is 11.7 Å². The number of aliphatic hydroxyl groups excluding tert-OH is 1. The van der Waals surface area contributed by atoms with Crippen molar-refractivity contribution in [1.82, 2.24) is 0 Å². The third kappa shape index (κ3) is 3.78. The van der Waals surface area contributed by atoms with Gasteiger partial charge in [-0.3, -0.25) is 0 Å². The Morgan fingerprint density at radius 2 is 1.74 bits per heavy atom. The molecule has 1 atom stereocenters. The Balaban J connectivity index is 2.06. The molecule has 0 fully saturated rings. The van der Waals surface area contributed by atoms with E-state index in [4.69, 9.17) is 0 Å². The van der Waals surface area contributed by atoms with Gasteiger partial charge in [0, 0.05) is 15.5 Å². The van der Waals surface area contributed by atoms with E-state index in [1.165, 1.54) is 12.1 Å². The highest BCUT2D eigenvalue weighted by atomic mass is 79.9. The lowest BCUT2D eigenvalue weighted by Crippen LogP contribution is -2.12. The van der Waals surface area contributed by atoms with E-state index in [1.54, 1.807) is 12.1 Å². The Labute approximate surface area is 127 Å². The zero-order chi connectivity index (χ0) is 13.8. The third-order valence-corrected chi connectivity index (χ3v) is 3.99. The van der Waals surface area contributed by atoms with Crippen molar-refractivity contribution in [3.63, 3.8) is 0 Å². The smallest absolute Gasteiger partial charge is 0.123 e. The highest BCUT2D eigenvalue weighted by Crippen LogP contribution is 2.31. The highest BCUT2D eigenvalue weighted by Gasteiger charge is 2.10. The number of hydrogen-bond donors (Lipinski definition) is 2. The van der Waals surface area contributed by atoms with E-state index in [9.17, 15) is 9.50 Å². The first-order valence-electron chi connectivity index (χ1n) is 5.69. The van der Waals surface area contributed by atoms with Crippen LogP contribution in [0.25, 0.3) is 0 Å². The molecule has 0 radical (unpaired) electrons. The fourth-order valence-electron chi connectivity index (χ4n) is 1.70. The highest BCUT2D eigenvalue weighted by molar-refractivity contribution is 9.11. The summed E-state index contributed by atoms with van der Waals surface area (Å²) in [6, 6.07) is 11.7. The molecule has 2 N–H and O–H groups in total. The number of para-hydroxylation sites is 1. The molecular formula is C14H12Br2FNO. The van der Waals surface area contributed by atoms with Gasteiger partial charge in [-0.05, 0) is 61.7 Å². The molecule has 100 valence electrons. The number of aliphatic hydroxyl groups is 1. The average molecular weight is 389 g/mol. The zero-order valence-electron chi connectivity index (χ0n) is 9.91. The van der Waals surface area contributed by atoms with Gasteiger partial charge < -0.3 is 10.4 Å². The van der Waals surface area contributed by atoms with Crippen molar-refractivity contribution in [3.05, 3.63) is 62.8 Å². The van der Waals surface area contributed by atoms with E-state index >= 15 is 0 Å². The van der Waals surface area contributed by atoms with Crippen LogP contribution in [0.1, 0.15) is 11.7 Å². The van der Waals surface area contributed by atoms with Crippen LogP contribution in [-0.2, 0) is 0 Å². The fourth-order valence-corrected chi connectivity index (χ4v) is 2.98. The predicted molar refractivity (Wildman–Crippen MR) is 81.7 cm³/mol. The summed E-state index contributed by atoms with van der Waals surface area (Å²) in [5.41, 5.74) is 1.41. The van der Waals surface area contributed by atoms with Crippen LogP contribution in [0, 0.1) is 5.82 Å². The summed E-state index contributed by atoms with van der Waals surface area (Å²) in [7, 11) is 0. The number of rotatable bonds is 4. The number of nitrogens with one attached hydrogen (secondary N) is 1. The van der Waals surface area contributed by atoms with Crippen molar-refractivity contribution in [2.75, 3.05) is 11.9 Å². The topological polar surface area (TPSA) is 32.3 Å². The van der Waals surface area contributed by atoms with Crippen molar-refractivity contribution < 1.29 is 9.50 Å². The van der Waals surface area contributed by atoms with Gasteiger partial charge in [-0.2, -0.15) is 0 Å². The second kappa shape index (κ2) is 6.50. The van der Waals surface area contributed by atoms with Gasteiger partial charge in [-0.1, -0.05) is 18.2 Å². The van der Waals surface area contributed by atoms with Crippen LogP contribution in [0.4, 0.5) is 10.1 Å². The minimum Gasteiger partial charge on any atom is -0.387 e. The number of hydrogen-bond acceptors (Lipinski definition) is 2. The molecule has 0 saturated carbocycles. The molecule has 0 spiro atoms. The minimum atomic E-state index is -0.769. The van der Waals surface area contributed by atoms with Crippen LogP contribution >= 0.6 is 31.9 Å². The number of benzene rings is 2. The van der Waals surface area contributed by atoms with E-state index in [2.05, 4.69) is 37.2 Å². The lowest BCUT2D eigenvalue weighted by molar-refractivity contribution is 0.191. The van der Waals surface area contributed by atoms with E-state index in [1.807, 2.05) is 18.2 Å². The Hall–Kier alpha value is -0.910. The molecule has 2 aromatic carbocycles. The summed E-state index contributed by atoms with van der Waals surface area (Å²) in [4.78, 5) is 0. The molecule has 2 rings (SSSR count). The van der Waals surface area contributed by atoms with Crippen LogP contribution in [0.15, 0.2) is 51.4 Å². The van der Waals surface area contributed by atoms with Gasteiger partial charge in [0.1, 0.15) is 5.82 Å². The minimum absolute atomic E-state index is 0.296. The second-order valence-corrected chi connectivity index (χ2v) is 5.76. The zero-order valence-corrected chi connectivity index (χ0v) is 13.1. The third-order valence-electron chi connectivity index (χ3n) is 2.67. The monoisotopic (exact) mass is 387 g/mol. The first-order chi connectivity index (χ1) is 9.08. The molecule has 0 saturated heterocycles. The summed E-state index contributed by atoms with van der Waals surface area (Å²) in [5, 5.41) is 13.2. The van der Waals surface area contributed by atoms with Gasteiger partial charge >= 0.3 is 0 Å². The lowest BCUT2D eigenvalue weighted by Gasteiger charge is -2.15. The van der Waals surface area contributed by atoms with Crippen molar-refractivity contribution in [3.8, 4) is 0 Å². The summed E-state index contributed by atoms with van der Waals surface area (Å²) in [6.07, 6.45) is -0.769. The molecule has 1 unspecified atom stereocenters. The van der Waals surface area contributed by atoms with Gasteiger partial charge in [0.25, 0.3) is 0 Å². The van der Waals surface area contributed by atoms with Crippen LogP contribution in [0.5, 0.6) is 0 Å². The Morgan fingerprint density at radius 1 is 1.11 bits per heavy atom. The summed E-state index contributed by atoms with van der Waals surface area (Å²) in [5.74, 6) is -0.348. The molecule has 0 aromatic heterocycles. The molecule has 2 aromatic rings. The SMILES string of the molecule is OC(CNc1c(Br)cccc1Br)c1cccc(F)c1. The van der Waals surface area contributed by atoms with Crippen molar-refractivity contribution >= 4 is 37.5 Å². The first-order valence-corrected chi connectivity index (χ1v) is 7.28. The summed E-state index contributed by atoms with van der Waals surface area (Å²) < 4.78 is 14.9. The van der Waals surface area contributed by atoms with Gasteiger partial charge in [0.15, 0.2) is 0 Å². The predicted octanol–water partition coefficient (Wildman–Crippen LogP) is 4.50. The van der Waals surface area contributed by atoms with Gasteiger partial charge in [-0.15, -0.1) is 0 Å². The molecule has 2 nitrogen and oxygen atoms in total. The summed E-state index contributed by atoms with van der Waals surface area (Å²) in [6.45, 7) is 0.296. The van der Waals surface area contributed by atoms with Crippen molar-refractivity contribution in [1.29, 1.82) is 0 Å². The average Bonchev–Trinajstić information content (AvgIpc) is 2.38. The van der Waals surface area contributed by atoms with E-state index < -0.39 is 6.10 Å². The molecule has 0 aliphatic heterocycles. The molecule has 0 aliphatic carbocycles. The number of anilines is 1. The van der Waals surface area contributed by atoms with E-state index in [0.717, 1.165) is 14.6 Å². The largest absolute Gasteiger partial charge is 0.387 e. The van der Waals surface area contributed by atoms with Gasteiger partial charge in [-0.25, -0.2) is 4.39 Å². The van der Waals surface area contributed by atoms with Crippen LogP contribution in [0.2, 0.25) is 0 Å². The summed E-state index contributed by atoms with van der Waals surface area (Å²) >= 11 is 6.86. The maximum absolute atomic E-state index is 13.1. The molecule has 5 heteroatoms. The maximum atomic E-state index is 13.1. The van der Waals surface area contributed by atoms with E-state index in [-0.39, 0.29) is 5.82 Å². The second-order valence-electron chi connectivity index (χ2n) is 4.05. The Kier molecular flexibility index (Phi) is 4.96. The molecule has 0 heterocycles. The maximum Gasteiger partial charge on any atom is 0.123 e. The molecule has 0 bridgehead atoms. The Morgan fingerprint density at radius 3 is 2.37 bits per heavy atom. The molecule has 19 heavy (non-hydrogen) atoms. The van der Waals surface area contributed by atoms with Crippen molar-refractivity contribution in [2.24, 2.45) is 0 Å². The van der Waals surface area contributed by atoms with Crippen LogP contribution in [0.3, 0.4) is 0 Å². The normalized spacial score (nSPS) is 12.2. The first kappa shape index (κ1) is 14.5. The van der Waals surface area contributed by atoms with Gasteiger partial charge in [0.2, 0.25) is 0 Å². The quantitative estimate of drug-likeness (QED) is 0.808. The molecule has 0 aliphatic rings. The molecule has 0 amide bonds.